The van der Waals surface area contributed by atoms with Crippen molar-refractivity contribution in [2.75, 3.05) is 5.32 Å². The molecule has 4 rings (SSSR count). The van der Waals surface area contributed by atoms with E-state index in [9.17, 15) is 4.79 Å². The molecule has 4 aromatic rings. The highest BCUT2D eigenvalue weighted by molar-refractivity contribution is 7.13. The number of nitrogens with one attached hydrogen (secondary N) is 1. The average molecular weight is 385 g/mol. The molecule has 2 heterocycles. The first-order chi connectivity index (χ1) is 13.7. The number of nitriles is 1. The lowest BCUT2D eigenvalue weighted by Gasteiger charge is -2.07. The molecule has 0 saturated heterocycles. The Balaban J connectivity index is 1.67. The minimum Gasteiger partial charge on any atom is -0.350 e. The van der Waals surface area contributed by atoms with Gasteiger partial charge in [0.1, 0.15) is 0 Å². The van der Waals surface area contributed by atoms with E-state index < -0.39 is 0 Å². The van der Waals surface area contributed by atoms with Crippen LogP contribution in [0.3, 0.4) is 0 Å². The maximum atomic E-state index is 13.0. The Labute approximate surface area is 165 Å². The first kappa shape index (κ1) is 17.6. The van der Waals surface area contributed by atoms with Gasteiger partial charge >= 0.3 is 0 Å². The zero-order valence-electron chi connectivity index (χ0n) is 14.7. The molecule has 0 spiro atoms. The van der Waals surface area contributed by atoms with Crippen LogP contribution in [0.4, 0.5) is 5.95 Å². The number of rotatable bonds is 5. The van der Waals surface area contributed by atoms with Gasteiger partial charge in [-0.05, 0) is 41.3 Å². The van der Waals surface area contributed by atoms with Crippen molar-refractivity contribution in [2.45, 2.75) is 6.54 Å². The highest BCUT2D eigenvalue weighted by Crippen LogP contribution is 2.23. The van der Waals surface area contributed by atoms with Gasteiger partial charge in [0, 0.05) is 12.1 Å². The number of hydrogen-bond donors (Lipinski definition) is 1. The standard InChI is InChI=1S/C21H15N5OS/c22-13-15-8-10-17(11-9-15)20(27)26-21(23-14-16-5-2-1-3-6-16)24-19(25-26)18-7-4-12-28-18/h1-12H,14H2,(H,23,24,25). The number of nitrogens with zero attached hydrogens (tertiary/aromatic N) is 4. The molecule has 0 unspecified atom stereocenters. The quantitative estimate of drug-likeness (QED) is 0.557. The third-order valence-electron chi connectivity index (χ3n) is 4.10. The fourth-order valence-electron chi connectivity index (χ4n) is 2.66. The normalized spacial score (nSPS) is 10.4. The molecule has 0 aliphatic carbocycles. The predicted molar refractivity (Wildman–Crippen MR) is 108 cm³/mol. The van der Waals surface area contributed by atoms with E-state index in [2.05, 4.69) is 15.4 Å². The van der Waals surface area contributed by atoms with E-state index in [0.29, 0.717) is 29.4 Å². The van der Waals surface area contributed by atoms with Crippen molar-refractivity contribution in [3.63, 3.8) is 0 Å². The minimum absolute atomic E-state index is 0.310. The maximum absolute atomic E-state index is 13.0. The Bertz CT molecular complexity index is 1130. The first-order valence-electron chi connectivity index (χ1n) is 8.58. The van der Waals surface area contributed by atoms with E-state index >= 15 is 0 Å². The van der Waals surface area contributed by atoms with Crippen LogP contribution in [0.25, 0.3) is 10.7 Å². The van der Waals surface area contributed by atoms with E-state index in [4.69, 9.17) is 5.26 Å². The Kier molecular flexibility index (Phi) is 4.95. The number of carbonyl (C=O) groups is 1. The Morgan fingerprint density at radius 3 is 2.54 bits per heavy atom. The third-order valence-corrected chi connectivity index (χ3v) is 4.96. The summed E-state index contributed by atoms with van der Waals surface area (Å²) in [4.78, 5) is 18.4. The maximum Gasteiger partial charge on any atom is 0.281 e. The van der Waals surface area contributed by atoms with Crippen LogP contribution in [0.2, 0.25) is 0 Å². The summed E-state index contributed by atoms with van der Waals surface area (Å²) in [5, 5.41) is 18.5. The SMILES string of the molecule is N#Cc1ccc(C(=O)n2nc(-c3cccs3)nc2NCc2ccccc2)cc1. The summed E-state index contributed by atoms with van der Waals surface area (Å²) in [5.74, 6) is 0.560. The van der Waals surface area contributed by atoms with Gasteiger partial charge < -0.3 is 5.32 Å². The molecule has 0 amide bonds. The van der Waals surface area contributed by atoms with Crippen molar-refractivity contribution in [2.24, 2.45) is 0 Å². The molecule has 0 atom stereocenters. The summed E-state index contributed by atoms with van der Waals surface area (Å²) >= 11 is 1.51. The van der Waals surface area contributed by atoms with Crippen LogP contribution in [0, 0.1) is 11.3 Å². The second-order valence-electron chi connectivity index (χ2n) is 5.98. The van der Waals surface area contributed by atoms with Gasteiger partial charge in [-0.3, -0.25) is 4.79 Å². The second-order valence-corrected chi connectivity index (χ2v) is 6.93. The summed E-state index contributed by atoms with van der Waals surface area (Å²) in [5.41, 5.74) is 2.00. The Morgan fingerprint density at radius 1 is 1.07 bits per heavy atom. The molecule has 0 bridgehead atoms. The van der Waals surface area contributed by atoms with Crippen molar-refractivity contribution in [3.8, 4) is 16.8 Å². The summed E-state index contributed by atoms with van der Waals surface area (Å²) in [6.45, 7) is 0.518. The largest absolute Gasteiger partial charge is 0.350 e. The second kappa shape index (κ2) is 7.86. The summed E-state index contributed by atoms with van der Waals surface area (Å²) in [7, 11) is 0. The summed E-state index contributed by atoms with van der Waals surface area (Å²) in [6, 6.07) is 22.2. The molecule has 0 aliphatic heterocycles. The Morgan fingerprint density at radius 2 is 1.86 bits per heavy atom. The van der Waals surface area contributed by atoms with E-state index in [1.807, 2.05) is 53.9 Å². The van der Waals surface area contributed by atoms with E-state index in [0.717, 1.165) is 10.4 Å². The van der Waals surface area contributed by atoms with Crippen molar-refractivity contribution in [1.29, 1.82) is 5.26 Å². The third kappa shape index (κ3) is 3.68. The molecule has 0 radical (unpaired) electrons. The molecule has 136 valence electrons. The van der Waals surface area contributed by atoms with Gasteiger partial charge in [0.25, 0.3) is 5.91 Å². The number of anilines is 1. The van der Waals surface area contributed by atoms with Gasteiger partial charge in [0.15, 0.2) is 5.82 Å². The van der Waals surface area contributed by atoms with Crippen molar-refractivity contribution < 1.29 is 4.79 Å². The number of benzene rings is 2. The van der Waals surface area contributed by atoms with Crippen LogP contribution >= 0.6 is 11.3 Å². The van der Waals surface area contributed by atoms with E-state index in [1.165, 1.54) is 16.0 Å². The van der Waals surface area contributed by atoms with Crippen LogP contribution in [0.5, 0.6) is 0 Å². The van der Waals surface area contributed by atoms with Crippen molar-refractivity contribution in [3.05, 3.63) is 88.8 Å². The van der Waals surface area contributed by atoms with Gasteiger partial charge in [-0.1, -0.05) is 36.4 Å². The number of carbonyl (C=O) groups excluding carboxylic acids is 1. The molecule has 0 saturated carbocycles. The van der Waals surface area contributed by atoms with Gasteiger partial charge in [-0.2, -0.15) is 14.9 Å². The summed E-state index contributed by atoms with van der Waals surface area (Å²) in [6.07, 6.45) is 0. The van der Waals surface area contributed by atoms with Gasteiger partial charge in [-0.25, -0.2) is 0 Å². The molecule has 2 aromatic heterocycles. The fourth-order valence-corrected chi connectivity index (χ4v) is 3.32. The van der Waals surface area contributed by atoms with Crippen LogP contribution in [-0.4, -0.2) is 20.7 Å². The molecule has 7 heteroatoms. The highest BCUT2D eigenvalue weighted by Gasteiger charge is 2.19. The molecule has 0 fully saturated rings. The zero-order chi connectivity index (χ0) is 19.3. The van der Waals surface area contributed by atoms with Crippen molar-refractivity contribution in [1.82, 2.24) is 14.8 Å². The molecular formula is C21H15N5OS. The van der Waals surface area contributed by atoms with Crippen molar-refractivity contribution >= 4 is 23.2 Å². The predicted octanol–water partition coefficient (Wildman–Crippen LogP) is 4.18. The van der Waals surface area contributed by atoms with E-state index in [1.54, 1.807) is 24.3 Å². The number of aromatic nitrogens is 3. The molecular weight excluding hydrogens is 370 g/mol. The van der Waals surface area contributed by atoms with E-state index in [-0.39, 0.29) is 5.91 Å². The molecule has 0 aliphatic rings. The molecule has 6 nitrogen and oxygen atoms in total. The van der Waals surface area contributed by atoms with Gasteiger partial charge in [-0.15, -0.1) is 16.4 Å². The lowest BCUT2D eigenvalue weighted by atomic mass is 10.1. The first-order valence-corrected chi connectivity index (χ1v) is 9.46. The van der Waals surface area contributed by atoms with Gasteiger partial charge in [0.2, 0.25) is 5.95 Å². The fraction of sp³-hybridized carbons (Fsp3) is 0.0476. The van der Waals surface area contributed by atoms with Crippen LogP contribution < -0.4 is 5.32 Å². The van der Waals surface area contributed by atoms with Crippen LogP contribution in [0.15, 0.2) is 72.1 Å². The zero-order valence-corrected chi connectivity index (χ0v) is 15.6. The number of hydrogen-bond acceptors (Lipinski definition) is 6. The number of thiophene rings is 1. The van der Waals surface area contributed by atoms with Gasteiger partial charge in [0.05, 0.1) is 16.5 Å². The monoisotopic (exact) mass is 385 g/mol. The average Bonchev–Trinajstić information content (AvgIpc) is 3.42. The Hall–Kier alpha value is -3.76. The minimum atomic E-state index is -0.310. The molecule has 2 aromatic carbocycles. The topological polar surface area (TPSA) is 83.6 Å². The summed E-state index contributed by atoms with van der Waals surface area (Å²) < 4.78 is 1.28. The molecule has 28 heavy (non-hydrogen) atoms. The van der Waals surface area contributed by atoms with Crippen LogP contribution in [0.1, 0.15) is 21.5 Å². The highest BCUT2D eigenvalue weighted by atomic mass is 32.1. The lowest BCUT2D eigenvalue weighted by molar-refractivity contribution is 0.0947. The van der Waals surface area contributed by atoms with Crippen LogP contribution in [-0.2, 0) is 6.54 Å². The smallest absolute Gasteiger partial charge is 0.281 e. The molecule has 1 N–H and O–H groups in total. The lowest BCUT2D eigenvalue weighted by Crippen LogP contribution is -2.17.